The van der Waals surface area contributed by atoms with Crippen molar-refractivity contribution in [3.05, 3.63) is 0 Å². The largest absolute Gasteiger partial charge is 0.329 e. The Labute approximate surface area is 130 Å². The molecular weight excluding hydrogens is 260 g/mol. The molecule has 0 unspecified atom stereocenters. The summed E-state index contributed by atoms with van der Waals surface area (Å²) in [4.78, 5) is 8.02. The average molecular weight is 294 g/mol. The van der Waals surface area contributed by atoms with Crippen LogP contribution in [0.25, 0.3) is 0 Å². The van der Waals surface area contributed by atoms with Crippen molar-refractivity contribution in [2.24, 2.45) is 11.7 Å². The van der Waals surface area contributed by atoms with Crippen LogP contribution in [-0.4, -0.2) is 78.6 Å². The fraction of sp³-hybridized carbons (Fsp3) is 1.00. The van der Waals surface area contributed by atoms with Crippen molar-refractivity contribution >= 4 is 0 Å². The first-order chi connectivity index (χ1) is 10.1. The molecule has 2 aliphatic heterocycles. The van der Waals surface area contributed by atoms with E-state index in [1.807, 2.05) is 0 Å². The number of nitrogens with two attached hydrogens (primary N) is 1. The van der Waals surface area contributed by atoms with Gasteiger partial charge in [-0.3, -0.25) is 4.90 Å². The van der Waals surface area contributed by atoms with E-state index in [1.165, 1.54) is 71.5 Å². The van der Waals surface area contributed by atoms with Crippen molar-refractivity contribution in [1.29, 1.82) is 0 Å². The Hall–Kier alpha value is -0.160. The lowest BCUT2D eigenvalue weighted by Gasteiger charge is -2.51. The van der Waals surface area contributed by atoms with Crippen LogP contribution in [0.1, 0.15) is 39.5 Å². The van der Waals surface area contributed by atoms with Gasteiger partial charge in [-0.25, -0.2) is 0 Å². The van der Waals surface area contributed by atoms with E-state index in [4.69, 9.17) is 5.73 Å². The monoisotopic (exact) mass is 294 g/mol. The topological polar surface area (TPSA) is 35.7 Å². The third kappa shape index (κ3) is 3.61. The van der Waals surface area contributed by atoms with Gasteiger partial charge in [-0.2, -0.15) is 0 Å². The standard InChI is InChI=1S/C17H34N4/c1-15(2)20-7-5-17(14-18,6-8-20)21-11-9-19(10-12-21)13-16-3-4-16/h15-16H,3-14,18H2,1-2H3. The Kier molecular flexibility index (Phi) is 4.89. The Morgan fingerprint density at radius 3 is 2.10 bits per heavy atom. The van der Waals surface area contributed by atoms with Gasteiger partial charge in [0.1, 0.15) is 0 Å². The van der Waals surface area contributed by atoms with Crippen LogP contribution in [0, 0.1) is 5.92 Å². The molecule has 0 aromatic heterocycles. The first-order valence-corrected chi connectivity index (χ1v) is 9.04. The zero-order valence-electron chi connectivity index (χ0n) is 14.1. The molecule has 3 aliphatic rings. The van der Waals surface area contributed by atoms with Gasteiger partial charge in [-0.15, -0.1) is 0 Å². The smallest absolute Gasteiger partial charge is 0.0357 e. The van der Waals surface area contributed by atoms with Crippen molar-refractivity contribution in [2.45, 2.75) is 51.1 Å². The Morgan fingerprint density at radius 1 is 1.00 bits per heavy atom. The predicted molar refractivity (Wildman–Crippen MR) is 88.5 cm³/mol. The summed E-state index contributed by atoms with van der Waals surface area (Å²) in [6, 6.07) is 0.677. The lowest BCUT2D eigenvalue weighted by Crippen LogP contribution is -2.64. The minimum absolute atomic E-state index is 0.289. The molecule has 2 heterocycles. The maximum Gasteiger partial charge on any atom is 0.0357 e. The van der Waals surface area contributed by atoms with Gasteiger partial charge >= 0.3 is 0 Å². The van der Waals surface area contributed by atoms with Crippen LogP contribution >= 0.6 is 0 Å². The zero-order valence-corrected chi connectivity index (χ0v) is 14.1. The highest BCUT2D eigenvalue weighted by Crippen LogP contribution is 2.32. The molecule has 0 bridgehead atoms. The van der Waals surface area contributed by atoms with Gasteiger partial charge in [0, 0.05) is 63.9 Å². The van der Waals surface area contributed by atoms with Crippen LogP contribution in [0.15, 0.2) is 0 Å². The number of piperazine rings is 1. The minimum atomic E-state index is 0.289. The fourth-order valence-corrected chi connectivity index (χ4v) is 4.18. The molecule has 3 rings (SSSR count). The van der Waals surface area contributed by atoms with Gasteiger partial charge < -0.3 is 15.5 Å². The number of piperidine rings is 1. The second-order valence-electron chi connectivity index (χ2n) is 7.79. The Morgan fingerprint density at radius 2 is 1.62 bits per heavy atom. The predicted octanol–water partition coefficient (Wildman–Crippen LogP) is 1.22. The molecule has 0 atom stereocenters. The van der Waals surface area contributed by atoms with Crippen LogP contribution in [0.2, 0.25) is 0 Å². The number of hydrogen-bond donors (Lipinski definition) is 1. The Balaban J connectivity index is 1.52. The molecule has 1 aliphatic carbocycles. The third-order valence-corrected chi connectivity index (χ3v) is 6.10. The van der Waals surface area contributed by atoms with Gasteiger partial charge in [-0.1, -0.05) is 0 Å². The van der Waals surface area contributed by atoms with Gasteiger partial charge in [0.2, 0.25) is 0 Å². The van der Waals surface area contributed by atoms with E-state index in [1.54, 1.807) is 0 Å². The molecule has 2 saturated heterocycles. The first-order valence-electron chi connectivity index (χ1n) is 9.04. The average Bonchev–Trinajstić information content (AvgIpc) is 3.32. The van der Waals surface area contributed by atoms with E-state index in [-0.39, 0.29) is 5.54 Å². The summed E-state index contributed by atoms with van der Waals surface area (Å²) in [5.74, 6) is 1.02. The van der Waals surface area contributed by atoms with E-state index in [0.29, 0.717) is 6.04 Å². The van der Waals surface area contributed by atoms with Crippen LogP contribution in [0.3, 0.4) is 0 Å². The molecule has 0 spiro atoms. The second kappa shape index (κ2) is 6.53. The summed E-state index contributed by atoms with van der Waals surface area (Å²) in [6.45, 7) is 14.2. The summed E-state index contributed by atoms with van der Waals surface area (Å²) in [5, 5.41) is 0. The van der Waals surface area contributed by atoms with E-state index < -0.39 is 0 Å². The Bertz CT molecular complexity index is 324. The van der Waals surface area contributed by atoms with Crippen molar-refractivity contribution in [3.63, 3.8) is 0 Å². The molecule has 21 heavy (non-hydrogen) atoms. The summed E-state index contributed by atoms with van der Waals surface area (Å²) >= 11 is 0. The molecular formula is C17H34N4. The van der Waals surface area contributed by atoms with Crippen molar-refractivity contribution < 1.29 is 0 Å². The summed E-state index contributed by atoms with van der Waals surface area (Å²) in [7, 11) is 0. The van der Waals surface area contributed by atoms with Gasteiger partial charge in [0.15, 0.2) is 0 Å². The highest BCUT2D eigenvalue weighted by molar-refractivity contribution is 4.98. The summed E-state index contributed by atoms with van der Waals surface area (Å²) in [6.07, 6.45) is 5.45. The SMILES string of the molecule is CC(C)N1CCC(CN)(N2CCN(CC3CC3)CC2)CC1. The number of nitrogens with zero attached hydrogens (tertiary/aromatic N) is 3. The molecule has 0 amide bonds. The zero-order chi connectivity index (χ0) is 14.9. The van der Waals surface area contributed by atoms with Crippen LogP contribution < -0.4 is 5.73 Å². The molecule has 0 aromatic rings. The van der Waals surface area contributed by atoms with E-state index in [2.05, 4.69) is 28.5 Å². The number of rotatable bonds is 5. The van der Waals surface area contributed by atoms with Crippen molar-refractivity contribution in [1.82, 2.24) is 14.7 Å². The normalized spacial score (nSPS) is 29.1. The first kappa shape index (κ1) is 15.7. The van der Waals surface area contributed by atoms with Gasteiger partial charge in [-0.05, 0) is 45.4 Å². The fourth-order valence-electron chi connectivity index (χ4n) is 4.18. The van der Waals surface area contributed by atoms with Crippen LogP contribution in [-0.2, 0) is 0 Å². The highest BCUT2D eigenvalue weighted by atomic mass is 15.3. The lowest BCUT2D eigenvalue weighted by atomic mass is 9.84. The molecule has 2 N–H and O–H groups in total. The van der Waals surface area contributed by atoms with Gasteiger partial charge in [0.05, 0.1) is 0 Å². The molecule has 122 valence electrons. The van der Waals surface area contributed by atoms with Crippen LogP contribution in [0.5, 0.6) is 0 Å². The molecule has 0 radical (unpaired) electrons. The third-order valence-electron chi connectivity index (χ3n) is 6.10. The van der Waals surface area contributed by atoms with Crippen molar-refractivity contribution in [3.8, 4) is 0 Å². The number of hydrogen-bond acceptors (Lipinski definition) is 4. The number of likely N-dealkylation sites (tertiary alicyclic amines) is 1. The maximum atomic E-state index is 6.24. The van der Waals surface area contributed by atoms with Gasteiger partial charge in [0.25, 0.3) is 0 Å². The highest BCUT2D eigenvalue weighted by Gasteiger charge is 2.40. The van der Waals surface area contributed by atoms with Crippen molar-refractivity contribution in [2.75, 3.05) is 52.4 Å². The molecule has 3 fully saturated rings. The molecule has 4 heteroatoms. The van der Waals surface area contributed by atoms with E-state index in [0.717, 1.165) is 12.5 Å². The molecule has 1 saturated carbocycles. The molecule has 4 nitrogen and oxygen atoms in total. The molecule has 0 aromatic carbocycles. The second-order valence-corrected chi connectivity index (χ2v) is 7.79. The lowest BCUT2D eigenvalue weighted by molar-refractivity contribution is -0.0119. The van der Waals surface area contributed by atoms with Crippen LogP contribution in [0.4, 0.5) is 0 Å². The van der Waals surface area contributed by atoms with E-state index >= 15 is 0 Å². The minimum Gasteiger partial charge on any atom is -0.329 e. The van der Waals surface area contributed by atoms with E-state index in [9.17, 15) is 0 Å². The quantitative estimate of drug-likeness (QED) is 0.827. The summed E-state index contributed by atoms with van der Waals surface area (Å²) in [5.41, 5.74) is 6.53. The maximum absolute atomic E-state index is 6.24. The summed E-state index contributed by atoms with van der Waals surface area (Å²) < 4.78 is 0.